The Morgan fingerprint density at radius 1 is 1.10 bits per heavy atom. The Morgan fingerprint density at radius 3 is 2.62 bits per heavy atom. The van der Waals surface area contributed by atoms with Crippen LogP contribution >= 0.6 is 11.3 Å². The highest BCUT2D eigenvalue weighted by atomic mass is 32.1. The van der Waals surface area contributed by atoms with E-state index in [2.05, 4.69) is 20.9 Å². The van der Waals surface area contributed by atoms with E-state index in [1.807, 2.05) is 24.1 Å². The SMILES string of the molecule is COc1cc(C(=O)N2CCN(c3ncnc4sccc34)CC2)ccc1OC(C)C. The molecule has 0 saturated carbocycles. The van der Waals surface area contributed by atoms with Crippen molar-refractivity contribution in [3.05, 3.63) is 41.5 Å². The maximum Gasteiger partial charge on any atom is 0.254 e. The first-order valence-corrected chi connectivity index (χ1v) is 10.5. The lowest BCUT2D eigenvalue weighted by molar-refractivity contribution is 0.0746. The minimum atomic E-state index is 0.00224. The van der Waals surface area contributed by atoms with Crippen LogP contribution in [0.4, 0.5) is 5.82 Å². The molecule has 7 nitrogen and oxygen atoms in total. The van der Waals surface area contributed by atoms with Crippen LogP contribution in [0, 0.1) is 0 Å². The first-order chi connectivity index (χ1) is 14.1. The van der Waals surface area contributed by atoms with Crippen molar-refractivity contribution < 1.29 is 14.3 Å². The third-order valence-corrected chi connectivity index (χ3v) is 5.70. The van der Waals surface area contributed by atoms with Gasteiger partial charge < -0.3 is 19.3 Å². The molecule has 0 radical (unpaired) electrons. The molecular weight excluding hydrogens is 388 g/mol. The number of carbonyl (C=O) groups is 1. The zero-order valence-corrected chi connectivity index (χ0v) is 17.6. The number of amides is 1. The maximum absolute atomic E-state index is 13.0. The van der Waals surface area contributed by atoms with Gasteiger partial charge in [0.25, 0.3) is 5.91 Å². The maximum atomic E-state index is 13.0. The van der Waals surface area contributed by atoms with Gasteiger partial charge in [-0.15, -0.1) is 11.3 Å². The molecular formula is C21H24N4O3S. The summed E-state index contributed by atoms with van der Waals surface area (Å²) in [7, 11) is 1.59. The standard InChI is InChI=1S/C21H24N4O3S/c1-14(2)28-17-5-4-15(12-18(17)27-3)21(26)25-9-7-24(8-10-25)19-16-6-11-29-20(16)23-13-22-19/h4-6,11-14H,7-10H2,1-3H3. The summed E-state index contributed by atoms with van der Waals surface area (Å²) in [5, 5.41) is 3.10. The molecule has 0 N–H and O–H groups in total. The smallest absolute Gasteiger partial charge is 0.254 e. The van der Waals surface area contributed by atoms with E-state index in [1.165, 1.54) is 0 Å². The number of fused-ring (bicyclic) bond motifs is 1. The number of piperazine rings is 1. The summed E-state index contributed by atoms with van der Waals surface area (Å²) in [5.41, 5.74) is 0.605. The molecule has 2 aromatic heterocycles. The molecule has 0 aliphatic carbocycles. The summed E-state index contributed by atoms with van der Waals surface area (Å²) in [6.07, 6.45) is 1.65. The molecule has 1 fully saturated rings. The van der Waals surface area contributed by atoms with E-state index >= 15 is 0 Å². The number of carbonyl (C=O) groups excluding carboxylic acids is 1. The van der Waals surface area contributed by atoms with Crippen molar-refractivity contribution in [2.24, 2.45) is 0 Å². The molecule has 3 aromatic rings. The van der Waals surface area contributed by atoms with Crippen LogP contribution in [0.15, 0.2) is 36.0 Å². The van der Waals surface area contributed by atoms with E-state index in [0.29, 0.717) is 30.2 Å². The van der Waals surface area contributed by atoms with Gasteiger partial charge in [-0.2, -0.15) is 0 Å². The summed E-state index contributed by atoms with van der Waals surface area (Å²) in [6, 6.07) is 7.41. The summed E-state index contributed by atoms with van der Waals surface area (Å²) in [5.74, 6) is 2.17. The van der Waals surface area contributed by atoms with Crippen molar-refractivity contribution in [3.63, 3.8) is 0 Å². The number of ether oxygens (including phenoxy) is 2. The minimum Gasteiger partial charge on any atom is -0.493 e. The van der Waals surface area contributed by atoms with Crippen LogP contribution in [-0.4, -0.2) is 60.2 Å². The number of methoxy groups -OCH3 is 1. The van der Waals surface area contributed by atoms with Crippen LogP contribution in [0.2, 0.25) is 0 Å². The van der Waals surface area contributed by atoms with Crippen molar-refractivity contribution in [1.82, 2.24) is 14.9 Å². The van der Waals surface area contributed by atoms with Crippen LogP contribution < -0.4 is 14.4 Å². The van der Waals surface area contributed by atoms with Crippen molar-refractivity contribution in [3.8, 4) is 11.5 Å². The molecule has 4 rings (SSSR count). The molecule has 1 amide bonds. The normalized spacial score (nSPS) is 14.5. The largest absolute Gasteiger partial charge is 0.493 e. The zero-order chi connectivity index (χ0) is 20.4. The van der Waals surface area contributed by atoms with Gasteiger partial charge in [0.05, 0.1) is 18.6 Å². The fourth-order valence-corrected chi connectivity index (χ4v) is 4.21. The Labute approximate surface area is 173 Å². The second-order valence-electron chi connectivity index (χ2n) is 7.15. The number of thiophene rings is 1. The van der Waals surface area contributed by atoms with Gasteiger partial charge >= 0.3 is 0 Å². The average molecular weight is 413 g/mol. The van der Waals surface area contributed by atoms with Crippen LogP contribution in [0.1, 0.15) is 24.2 Å². The highest BCUT2D eigenvalue weighted by Crippen LogP contribution is 2.30. The summed E-state index contributed by atoms with van der Waals surface area (Å²) in [4.78, 5) is 26.9. The Balaban J connectivity index is 1.46. The van der Waals surface area contributed by atoms with Crippen LogP contribution in [0.5, 0.6) is 11.5 Å². The summed E-state index contributed by atoms with van der Waals surface area (Å²) < 4.78 is 11.2. The van der Waals surface area contributed by atoms with E-state index < -0.39 is 0 Å². The van der Waals surface area contributed by atoms with Gasteiger partial charge in [-0.1, -0.05) is 0 Å². The monoisotopic (exact) mass is 412 g/mol. The predicted molar refractivity (Wildman–Crippen MR) is 114 cm³/mol. The molecule has 0 atom stereocenters. The fraction of sp³-hybridized carbons (Fsp3) is 0.381. The Kier molecular flexibility index (Phi) is 5.53. The number of hydrogen-bond donors (Lipinski definition) is 0. The molecule has 1 aromatic carbocycles. The van der Waals surface area contributed by atoms with Gasteiger partial charge in [-0.3, -0.25) is 4.79 Å². The van der Waals surface area contributed by atoms with Crippen LogP contribution in [0.3, 0.4) is 0 Å². The predicted octanol–water partition coefficient (Wildman–Crippen LogP) is 3.45. The number of hydrogen-bond acceptors (Lipinski definition) is 7. The van der Waals surface area contributed by atoms with Gasteiger partial charge in [0.2, 0.25) is 0 Å². The minimum absolute atomic E-state index is 0.00224. The van der Waals surface area contributed by atoms with Gasteiger partial charge in [0.15, 0.2) is 11.5 Å². The van der Waals surface area contributed by atoms with E-state index in [-0.39, 0.29) is 12.0 Å². The molecule has 0 spiro atoms. The number of anilines is 1. The van der Waals surface area contributed by atoms with E-state index in [9.17, 15) is 4.79 Å². The fourth-order valence-electron chi connectivity index (χ4n) is 3.48. The van der Waals surface area contributed by atoms with Crippen molar-refractivity contribution in [2.75, 3.05) is 38.2 Å². The molecule has 29 heavy (non-hydrogen) atoms. The summed E-state index contributed by atoms with van der Waals surface area (Å²) >= 11 is 1.61. The highest BCUT2D eigenvalue weighted by molar-refractivity contribution is 7.16. The second-order valence-corrected chi connectivity index (χ2v) is 8.04. The van der Waals surface area contributed by atoms with E-state index in [4.69, 9.17) is 9.47 Å². The highest BCUT2D eigenvalue weighted by Gasteiger charge is 2.25. The number of nitrogens with zero attached hydrogens (tertiary/aromatic N) is 4. The lowest BCUT2D eigenvalue weighted by atomic mass is 10.1. The number of benzene rings is 1. The number of aromatic nitrogens is 2. The quantitative estimate of drug-likeness (QED) is 0.639. The third-order valence-electron chi connectivity index (χ3n) is 4.88. The molecule has 1 saturated heterocycles. The first-order valence-electron chi connectivity index (χ1n) is 9.64. The summed E-state index contributed by atoms with van der Waals surface area (Å²) in [6.45, 7) is 6.67. The van der Waals surface area contributed by atoms with E-state index in [0.717, 1.165) is 29.1 Å². The Hall–Kier alpha value is -2.87. The van der Waals surface area contributed by atoms with Crippen LogP contribution in [0.25, 0.3) is 10.2 Å². The van der Waals surface area contributed by atoms with Gasteiger partial charge in [0.1, 0.15) is 17.0 Å². The average Bonchev–Trinajstić information content (AvgIpc) is 3.22. The number of rotatable bonds is 5. The van der Waals surface area contributed by atoms with Crippen molar-refractivity contribution in [2.45, 2.75) is 20.0 Å². The van der Waals surface area contributed by atoms with Gasteiger partial charge in [-0.05, 0) is 43.5 Å². The third kappa shape index (κ3) is 3.98. The first kappa shape index (κ1) is 19.4. The molecule has 1 aliphatic heterocycles. The molecule has 0 bridgehead atoms. The lowest BCUT2D eigenvalue weighted by Crippen LogP contribution is -2.49. The molecule has 1 aliphatic rings. The molecule has 0 unspecified atom stereocenters. The zero-order valence-electron chi connectivity index (χ0n) is 16.8. The topological polar surface area (TPSA) is 67.8 Å². The second kappa shape index (κ2) is 8.24. The van der Waals surface area contributed by atoms with E-state index in [1.54, 1.807) is 43.0 Å². The van der Waals surface area contributed by atoms with Crippen molar-refractivity contribution in [1.29, 1.82) is 0 Å². The Morgan fingerprint density at radius 2 is 1.90 bits per heavy atom. The van der Waals surface area contributed by atoms with Gasteiger partial charge in [-0.25, -0.2) is 9.97 Å². The molecule has 3 heterocycles. The molecule has 8 heteroatoms. The van der Waals surface area contributed by atoms with Gasteiger partial charge in [0, 0.05) is 31.7 Å². The van der Waals surface area contributed by atoms with Crippen molar-refractivity contribution >= 4 is 33.3 Å². The molecule has 152 valence electrons. The lowest BCUT2D eigenvalue weighted by Gasteiger charge is -2.35. The Bertz CT molecular complexity index is 1010. The van der Waals surface area contributed by atoms with Crippen LogP contribution in [-0.2, 0) is 0 Å².